The molecule has 0 aliphatic carbocycles. The van der Waals surface area contributed by atoms with Gasteiger partial charge in [0.15, 0.2) is 5.96 Å². The first-order valence-electron chi connectivity index (χ1n) is 10.3. The number of benzene rings is 1. The fourth-order valence-corrected chi connectivity index (χ4v) is 2.85. The number of halogens is 3. The van der Waals surface area contributed by atoms with Crippen molar-refractivity contribution in [2.24, 2.45) is 10.9 Å². The Bertz CT molecular complexity index is 720. The minimum atomic E-state index is -4.40. The Morgan fingerprint density at radius 1 is 1.32 bits per heavy atom. The van der Waals surface area contributed by atoms with Crippen LogP contribution < -0.4 is 10.6 Å². The average Bonchev–Trinajstić information content (AvgIpc) is 3.24. The molecule has 2 N–H and O–H groups in total. The Labute approximate surface area is 181 Å². The minimum Gasteiger partial charge on any atom is -0.381 e. The zero-order valence-corrected chi connectivity index (χ0v) is 18.0. The van der Waals surface area contributed by atoms with Crippen molar-refractivity contribution in [3.63, 3.8) is 0 Å². The van der Waals surface area contributed by atoms with Crippen molar-refractivity contribution in [3.05, 3.63) is 35.4 Å². The number of nitrogens with one attached hydrogen (secondary N) is 2. The summed E-state index contributed by atoms with van der Waals surface area (Å²) in [5.74, 6) is 0.670. The maximum absolute atomic E-state index is 12.9. The van der Waals surface area contributed by atoms with E-state index in [9.17, 15) is 18.0 Å². The van der Waals surface area contributed by atoms with Crippen LogP contribution in [0.1, 0.15) is 24.0 Å². The van der Waals surface area contributed by atoms with E-state index in [-0.39, 0.29) is 19.0 Å². The first-order chi connectivity index (χ1) is 14.8. The van der Waals surface area contributed by atoms with E-state index in [1.807, 2.05) is 0 Å². The van der Waals surface area contributed by atoms with E-state index in [1.54, 1.807) is 20.2 Å². The summed E-state index contributed by atoms with van der Waals surface area (Å²) in [6, 6.07) is 5.04. The number of ether oxygens (including phenoxy) is 2. The van der Waals surface area contributed by atoms with Crippen molar-refractivity contribution in [2.75, 3.05) is 53.6 Å². The number of hydrogen-bond donors (Lipinski definition) is 2. The molecular formula is C21H31F3N4O3. The molecule has 174 valence electrons. The molecule has 0 radical (unpaired) electrons. The van der Waals surface area contributed by atoms with Crippen LogP contribution in [0.3, 0.4) is 0 Å². The lowest BCUT2D eigenvalue weighted by molar-refractivity contribution is -0.137. The smallest absolute Gasteiger partial charge is 0.381 e. The van der Waals surface area contributed by atoms with Crippen molar-refractivity contribution >= 4 is 11.9 Å². The summed E-state index contributed by atoms with van der Waals surface area (Å²) < 4.78 is 49.7. The Balaban J connectivity index is 1.85. The summed E-state index contributed by atoms with van der Waals surface area (Å²) in [5.41, 5.74) is -0.285. The van der Waals surface area contributed by atoms with Gasteiger partial charge in [-0.05, 0) is 30.5 Å². The van der Waals surface area contributed by atoms with E-state index in [1.165, 1.54) is 11.0 Å². The predicted octanol–water partition coefficient (Wildman–Crippen LogP) is 2.27. The second-order valence-corrected chi connectivity index (χ2v) is 7.59. The molecule has 1 aromatic rings. The lowest BCUT2D eigenvalue weighted by Crippen LogP contribution is -2.43. The van der Waals surface area contributed by atoms with E-state index in [0.717, 1.165) is 38.2 Å². The lowest BCUT2D eigenvalue weighted by Gasteiger charge is -2.15. The highest BCUT2D eigenvalue weighted by Gasteiger charge is 2.30. The number of guanidine groups is 1. The van der Waals surface area contributed by atoms with Gasteiger partial charge in [-0.1, -0.05) is 12.1 Å². The minimum absolute atomic E-state index is 0.0274. The summed E-state index contributed by atoms with van der Waals surface area (Å²) in [5, 5.41) is 6.02. The van der Waals surface area contributed by atoms with Crippen LogP contribution in [0.4, 0.5) is 13.2 Å². The molecule has 0 saturated carbocycles. The van der Waals surface area contributed by atoms with E-state index >= 15 is 0 Å². The van der Waals surface area contributed by atoms with Crippen molar-refractivity contribution in [1.82, 2.24) is 15.5 Å². The largest absolute Gasteiger partial charge is 0.416 e. The number of nitrogens with zero attached hydrogens (tertiary/aromatic N) is 2. The van der Waals surface area contributed by atoms with Crippen LogP contribution in [0.15, 0.2) is 29.3 Å². The molecule has 1 unspecified atom stereocenters. The summed E-state index contributed by atoms with van der Waals surface area (Å²) in [6.07, 6.45) is -2.66. The van der Waals surface area contributed by atoms with Gasteiger partial charge in [-0.3, -0.25) is 4.79 Å². The van der Waals surface area contributed by atoms with Gasteiger partial charge < -0.3 is 25.0 Å². The second kappa shape index (κ2) is 12.5. The van der Waals surface area contributed by atoms with E-state index in [4.69, 9.17) is 9.47 Å². The molecule has 0 spiro atoms. The number of amides is 1. The maximum atomic E-state index is 12.9. The van der Waals surface area contributed by atoms with Gasteiger partial charge in [-0.2, -0.15) is 13.2 Å². The molecular weight excluding hydrogens is 413 g/mol. The summed E-state index contributed by atoms with van der Waals surface area (Å²) in [4.78, 5) is 17.6. The molecule has 31 heavy (non-hydrogen) atoms. The summed E-state index contributed by atoms with van der Waals surface area (Å²) >= 11 is 0. The van der Waals surface area contributed by atoms with Gasteiger partial charge in [-0.15, -0.1) is 0 Å². The number of carbonyl (C=O) groups excluding carboxylic acids is 1. The summed E-state index contributed by atoms with van der Waals surface area (Å²) in [6.45, 7) is 3.40. The molecule has 0 bridgehead atoms. The van der Waals surface area contributed by atoms with E-state index in [0.29, 0.717) is 37.2 Å². The van der Waals surface area contributed by atoms with Gasteiger partial charge in [-0.25, -0.2) is 4.99 Å². The van der Waals surface area contributed by atoms with Crippen LogP contribution in [0.2, 0.25) is 0 Å². The SMILES string of the molecule is CN(C)C(=O)CNC(=NCc1cccc(C(F)(F)F)c1)NCCCOCC1CCOC1. The van der Waals surface area contributed by atoms with Crippen LogP contribution in [0, 0.1) is 5.92 Å². The molecule has 1 amide bonds. The van der Waals surface area contributed by atoms with Crippen molar-refractivity contribution in [3.8, 4) is 0 Å². The van der Waals surface area contributed by atoms with Gasteiger partial charge in [0.25, 0.3) is 0 Å². The van der Waals surface area contributed by atoms with Crippen LogP contribution in [0.25, 0.3) is 0 Å². The third kappa shape index (κ3) is 9.56. The molecule has 1 atom stereocenters. The first kappa shape index (κ1) is 24.9. The second-order valence-electron chi connectivity index (χ2n) is 7.59. The topological polar surface area (TPSA) is 75.2 Å². The molecule has 1 aliphatic heterocycles. The predicted molar refractivity (Wildman–Crippen MR) is 112 cm³/mol. The third-order valence-corrected chi connectivity index (χ3v) is 4.72. The summed E-state index contributed by atoms with van der Waals surface area (Å²) in [7, 11) is 3.28. The number of alkyl halides is 3. The molecule has 1 aliphatic rings. The molecule has 2 rings (SSSR count). The molecule has 1 saturated heterocycles. The quantitative estimate of drug-likeness (QED) is 0.329. The molecule has 1 aromatic carbocycles. The van der Waals surface area contributed by atoms with Gasteiger partial charge in [0.1, 0.15) is 0 Å². The normalized spacial score (nSPS) is 16.9. The molecule has 1 fully saturated rings. The van der Waals surface area contributed by atoms with Crippen molar-refractivity contribution in [2.45, 2.75) is 25.6 Å². The standard InChI is InChI=1S/C21H31F3N4O3/c1-28(2)19(29)13-27-20(25-8-4-9-30-14-17-7-10-31-15-17)26-12-16-5-3-6-18(11-16)21(22,23)24/h3,5-6,11,17H,4,7-10,12-15H2,1-2H3,(H2,25,26,27). The number of rotatable bonds is 10. The highest BCUT2D eigenvalue weighted by molar-refractivity contribution is 5.86. The molecule has 7 nitrogen and oxygen atoms in total. The number of likely N-dealkylation sites (N-methyl/N-ethyl adjacent to an activating group) is 1. The fraction of sp³-hybridized carbons (Fsp3) is 0.619. The number of hydrogen-bond acceptors (Lipinski definition) is 4. The molecule has 10 heteroatoms. The molecule has 1 heterocycles. The monoisotopic (exact) mass is 444 g/mol. The lowest BCUT2D eigenvalue weighted by atomic mass is 10.1. The van der Waals surface area contributed by atoms with Gasteiger partial charge in [0, 0.05) is 39.8 Å². The van der Waals surface area contributed by atoms with Crippen LogP contribution in [-0.4, -0.2) is 70.4 Å². The Morgan fingerprint density at radius 2 is 2.13 bits per heavy atom. The zero-order chi connectivity index (χ0) is 22.7. The van der Waals surface area contributed by atoms with E-state index < -0.39 is 11.7 Å². The van der Waals surface area contributed by atoms with Gasteiger partial charge >= 0.3 is 6.18 Å². The average molecular weight is 444 g/mol. The Hall–Kier alpha value is -2.33. The van der Waals surface area contributed by atoms with E-state index in [2.05, 4.69) is 15.6 Å². The van der Waals surface area contributed by atoms with Crippen LogP contribution >= 0.6 is 0 Å². The van der Waals surface area contributed by atoms with Crippen LogP contribution in [-0.2, 0) is 27.0 Å². The maximum Gasteiger partial charge on any atom is 0.416 e. The third-order valence-electron chi connectivity index (χ3n) is 4.72. The number of carbonyl (C=O) groups is 1. The zero-order valence-electron chi connectivity index (χ0n) is 18.0. The molecule has 0 aromatic heterocycles. The van der Waals surface area contributed by atoms with Gasteiger partial charge in [0.2, 0.25) is 5.91 Å². The highest BCUT2D eigenvalue weighted by Crippen LogP contribution is 2.29. The Kier molecular flexibility index (Phi) is 10.1. The van der Waals surface area contributed by atoms with Gasteiger partial charge in [0.05, 0.1) is 31.9 Å². The fourth-order valence-electron chi connectivity index (χ4n) is 2.85. The van der Waals surface area contributed by atoms with Crippen molar-refractivity contribution < 1.29 is 27.4 Å². The van der Waals surface area contributed by atoms with Crippen molar-refractivity contribution in [1.29, 1.82) is 0 Å². The van der Waals surface area contributed by atoms with Crippen LogP contribution in [0.5, 0.6) is 0 Å². The number of aliphatic imine (C=N–C) groups is 1. The first-order valence-corrected chi connectivity index (χ1v) is 10.3. The highest BCUT2D eigenvalue weighted by atomic mass is 19.4. The Morgan fingerprint density at radius 3 is 2.81 bits per heavy atom.